The van der Waals surface area contributed by atoms with Crippen molar-refractivity contribution in [1.29, 1.82) is 0 Å². The number of ether oxygens (including phenoxy) is 1. The van der Waals surface area contributed by atoms with Crippen LogP contribution in [0.1, 0.15) is 54.0 Å². The van der Waals surface area contributed by atoms with Crippen LogP contribution in [-0.4, -0.2) is 32.0 Å². The average Bonchev–Trinajstić information content (AvgIpc) is 2.66. The van der Waals surface area contributed by atoms with Crippen molar-refractivity contribution < 1.29 is 31.5 Å². The van der Waals surface area contributed by atoms with Crippen LogP contribution in [0.15, 0.2) is 53.4 Å². The van der Waals surface area contributed by atoms with E-state index < -0.39 is 38.3 Å². The SMILES string of the molecule is C[C@H](OC(=O)c1ccc(S(=O)(=O)C(F)F)cc1)C(=O)c1ccc(C(C)(C)C)cc1. The molecule has 0 aliphatic heterocycles. The van der Waals surface area contributed by atoms with Gasteiger partial charge in [-0.2, -0.15) is 8.78 Å². The third-order valence-corrected chi connectivity index (χ3v) is 5.74. The molecule has 0 N–H and O–H groups in total. The van der Waals surface area contributed by atoms with Crippen LogP contribution in [0.25, 0.3) is 0 Å². The molecule has 0 aliphatic rings. The van der Waals surface area contributed by atoms with E-state index >= 15 is 0 Å². The Bertz CT molecular complexity index is 989. The van der Waals surface area contributed by atoms with E-state index in [-0.39, 0.29) is 11.0 Å². The van der Waals surface area contributed by atoms with Crippen LogP contribution in [0.3, 0.4) is 0 Å². The first-order valence-corrected chi connectivity index (χ1v) is 10.4. The lowest BCUT2D eigenvalue weighted by molar-refractivity contribution is 0.0318. The highest BCUT2D eigenvalue weighted by Gasteiger charge is 2.27. The summed E-state index contributed by atoms with van der Waals surface area (Å²) in [5.74, 6) is -4.81. The number of halogens is 2. The van der Waals surface area contributed by atoms with Crippen LogP contribution in [0.2, 0.25) is 0 Å². The third kappa shape index (κ3) is 5.26. The lowest BCUT2D eigenvalue weighted by Gasteiger charge is -2.19. The van der Waals surface area contributed by atoms with Gasteiger partial charge in [-0.05, 0) is 42.2 Å². The zero-order valence-corrected chi connectivity index (χ0v) is 17.3. The highest BCUT2D eigenvalue weighted by Crippen LogP contribution is 2.23. The molecule has 0 bridgehead atoms. The minimum absolute atomic E-state index is 0.0547. The first-order chi connectivity index (χ1) is 13.3. The lowest BCUT2D eigenvalue weighted by atomic mass is 9.86. The molecule has 2 aromatic carbocycles. The molecule has 0 spiro atoms. The van der Waals surface area contributed by atoms with E-state index in [4.69, 9.17) is 4.74 Å². The topological polar surface area (TPSA) is 77.5 Å². The molecule has 29 heavy (non-hydrogen) atoms. The van der Waals surface area contributed by atoms with E-state index in [1.165, 1.54) is 6.92 Å². The first-order valence-electron chi connectivity index (χ1n) is 8.82. The van der Waals surface area contributed by atoms with Gasteiger partial charge >= 0.3 is 11.7 Å². The number of hydrogen-bond donors (Lipinski definition) is 0. The molecular weight excluding hydrogens is 402 g/mol. The summed E-state index contributed by atoms with van der Waals surface area (Å²) in [6.07, 6.45) is -1.08. The van der Waals surface area contributed by atoms with Gasteiger partial charge in [-0.1, -0.05) is 45.0 Å². The molecule has 0 fully saturated rings. The van der Waals surface area contributed by atoms with E-state index in [0.29, 0.717) is 5.56 Å². The maximum absolute atomic E-state index is 12.6. The molecule has 0 aromatic heterocycles. The van der Waals surface area contributed by atoms with Gasteiger partial charge in [0.05, 0.1) is 10.5 Å². The molecule has 2 aromatic rings. The number of Topliss-reactive ketones (excluding diaryl/α,β-unsaturated/α-hetero) is 1. The van der Waals surface area contributed by atoms with Crippen molar-refractivity contribution in [2.75, 3.05) is 0 Å². The first kappa shape index (κ1) is 22.7. The lowest BCUT2D eigenvalue weighted by Crippen LogP contribution is -2.24. The fourth-order valence-corrected chi connectivity index (χ4v) is 3.26. The largest absolute Gasteiger partial charge is 0.451 e. The second kappa shape index (κ2) is 8.41. The van der Waals surface area contributed by atoms with Crippen molar-refractivity contribution in [2.24, 2.45) is 0 Å². The summed E-state index contributed by atoms with van der Waals surface area (Å²) >= 11 is 0. The summed E-state index contributed by atoms with van der Waals surface area (Å²) in [4.78, 5) is 24.1. The zero-order valence-electron chi connectivity index (χ0n) is 16.5. The summed E-state index contributed by atoms with van der Waals surface area (Å²) in [6, 6.07) is 10.9. The second-order valence-corrected chi connectivity index (χ2v) is 9.49. The Hall–Kier alpha value is -2.61. The molecule has 1 atom stereocenters. The normalized spacial score (nSPS) is 13.2. The molecule has 8 heteroatoms. The van der Waals surface area contributed by atoms with Gasteiger partial charge in [0.1, 0.15) is 0 Å². The number of hydrogen-bond acceptors (Lipinski definition) is 5. The number of alkyl halides is 2. The molecule has 0 saturated carbocycles. The monoisotopic (exact) mass is 424 g/mol. The molecule has 0 heterocycles. The number of rotatable bonds is 6. The molecule has 156 valence electrons. The summed E-state index contributed by atoms with van der Waals surface area (Å²) in [5, 5.41) is 0. The van der Waals surface area contributed by atoms with Gasteiger partial charge in [-0.25, -0.2) is 13.2 Å². The summed E-state index contributed by atoms with van der Waals surface area (Å²) in [7, 11) is -4.75. The Labute approximate surface area is 168 Å². The van der Waals surface area contributed by atoms with Gasteiger partial charge in [0, 0.05) is 5.56 Å². The Morgan fingerprint density at radius 3 is 1.83 bits per heavy atom. The Morgan fingerprint density at radius 1 is 0.897 bits per heavy atom. The third-order valence-electron chi connectivity index (χ3n) is 4.34. The molecule has 2 rings (SSSR count). The second-order valence-electron chi connectivity index (χ2n) is 7.57. The van der Waals surface area contributed by atoms with Gasteiger partial charge in [-0.3, -0.25) is 4.79 Å². The molecule has 0 unspecified atom stereocenters. The van der Waals surface area contributed by atoms with Crippen molar-refractivity contribution in [3.63, 3.8) is 0 Å². The van der Waals surface area contributed by atoms with Gasteiger partial charge in [0.2, 0.25) is 15.6 Å². The van der Waals surface area contributed by atoms with Crippen LogP contribution in [0.5, 0.6) is 0 Å². The van der Waals surface area contributed by atoms with E-state index in [1.54, 1.807) is 12.1 Å². The molecule has 0 saturated heterocycles. The maximum atomic E-state index is 12.6. The average molecular weight is 424 g/mol. The van der Waals surface area contributed by atoms with Crippen LogP contribution in [-0.2, 0) is 20.0 Å². The Kier molecular flexibility index (Phi) is 6.57. The van der Waals surface area contributed by atoms with Crippen LogP contribution in [0.4, 0.5) is 8.78 Å². The van der Waals surface area contributed by atoms with Gasteiger partial charge in [-0.15, -0.1) is 0 Å². The van der Waals surface area contributed by atoms with E-state index in [1.807, 2.05) is 32.9 Å². The molecular formula is C21H22F2O5S. The summed E-state index contributed by atoms with van der Waals surface area (Å²) in [5.41, 5.74) is 1.32. The number of ketones is 1. The van der Waals surface area contributed by atoms with E-state index in [0.717, 1.165) is 29.8 Å². The van der Waals surface area contributed by atoms with E-state index in [2.05, 4.69) is 0 Å². The quantitative estimate of drug-likeness (QED) is 0.507. The number of sulfone groups is 1. The van der Waals surface area contributed by atoms with Crippen molar-refractivity contribution >= 4 is 21.6 Å². The van der Waals surface area contributed by atoms with Gasteiger partial charge in [0.15, 0.2) is 6.10 Å². The minimum Gasteiger partial charge on any atom is -0.451 e. The van der Waals surface area contributed by atoms with E-state index in [9.17, 15) is 26.8 Å². The highest BCUT2D eigenvalue weighted by atomic mass is 32.2. The molecule has 0 radical (unpaired) electrons. The number of carbonyl (C=O) groups excluding carboxylic acids is 2. The van der Waals surface area contributed by atoms with Crippen molar-refractivity contribution in [1.82, 2.24) is 0 Å². The Morgan fingerprint density at radius 2 is 1.38 bits per heavy atom. The smallest absolute Gasteiger partial charge is 0.341 e. The number of benzene rings is 2. The highest BCUT2D eigenvalue weighted by molar-refractivity contribution is 7.91. The van der Waals surface area contributed by atoms with Crippen molar-refractivity contribution in [3.8, 4) is 0 Å². The number of carbonyl (C=O) groups is 2. The van der Waals surface area contributed by atoms with Crippen molar-refractivity contribution in [3.05, 3.63) is 65.2 Å². The number of esters is 1. The minimum atomic E-state index is -4.75. The van der Waals surface area contributed by atoms with Crippen molar-refractivity contribution in [2.45, 2.75) is 49.9 Å². The molecule has 5 nitrogen and oxygen atoms in total. The predicted molar refractivity (Wildman–Crippen MR) is 104 cm³/mol. The Balaban J connectivity index is 2.09. The molecule has 0 aliphatic carbocycles. The zero-order chi connectivity index (χ0) is 22.0. The standard InChI is InChI=1S/C21H22F2O5S/c1-13(18(24)14-5-9-16(10-6-14)21(2,3)4)28-19(25)15-7-11-17(12-8-15)29(26,27)20(22)23/h5-13,20H,1-4H3/t13-/m0/s1. The summed E-state index contributed by atoms with van der Waals surface area (Å²) in [6.45, 7) is 7.57. The predicted octanol–water partition coefficient (Wildman–Crippen LogP) is 4.41. The summed E-state index contributed by atoms with van der Waals surface area (Å²) < 4.78 is 53.1. The van der Waals surface area contributed by atoms with Gasteiger partial charge in [0.25, 0.3) is 0 Å². The fourth-order valence-electron chi connectivity index (χ4n) is 2.53. The maximum Gasteiger partial charge on any atom is 0.341 e. The fraction of sp³-hybridized carbons (Fsp3) is 0.333. The van der Waals surface area contributed by atoms with Crippen LogP contribution in [0, 0.1) is 0 Å². The van der Waals surface area contributed by atoms with Crippen LogP contribution >= 0.6 is 0 Å². The molecule has 0 amide bonds. The van der Waals surface area contributed by atoms with Crippen LogP contribution < -0.4 is 0 Å². The van der Waals surface area contributed by atoms with Gasteiger partial charge < -0.3 is 4.74 Å².